The fourth-order valence-corrected chi connectivity index (χ4v) is 7.63. The molecule has 0 aromatic heterocycles. The van der Waals surface area contributed by atoms with Gasteiger partial charge in [-0.15, -0.1) is 0 Å². The molecule has 0 fully saturated rings. The van der Waals surface area contributed by atoms with Crippen molar-refractivity contribution in [2.24, 2.45) is 0 Å². The summed E-state index contributed by atoms with van der Waals surface area (Å²) in [5.41, 5.74) is 0. The van der Waals surface area contributed by atoms with E-state index in [-0.39, 0.29) is 31.1 Å². The molecule has 0 aromatic carbocycles. The molecular formula is C60H102O6. The fraction of sp³-hybridized carbons (Fsp3) is 0.717. The second kappa shape index (κ2) is 54.2. The summed E-state index contributed by atoms with van der Waals surface area (Å²) in [6, 6.07) is 0. The number of carbonyl (C=O) groups is 3. The maximum absolute atomic E-state index is 12.8. The van der Waals surface area contributed by atoms with Gasteiger partial charge < -0.3 is 14.2 Å². The Morgan fingerprint density at radius 2 is 0.591 bits per heavy atom. The number of hydrogen-bond donors (Lipinski definition) is 0. The molecule has 0 heterocycles. The summed E-state index contributed by atoms with van der Waals surface area (Å²) in [5, 5.41) is 0. The minimum absolute atomic E-state index is 0.0916. The quantitative estimate of drug-likeness (QED) is 0.0262. The Bertz CT molecular complexity index is 1290. The molecular weight excluding hydrogens is 817 g/mol. The van der Waals surface area contributed by atoms with Gasteiger partial charge in [0.15, 0.2) is 6.10 Å². The van der Waals surface area contributed by atoms with Crippen LogP contribution in [0.3, 0.4) is 0 Å². The minimum atomic E-state index is -0.796. The van der Waals surface area contributed by atoms with E-state index < -0.39 is 6.10 Å². The predicted molar refractivity (Wildman–Crippen MR) is 284 cm³/mol. The van der Waals surface area contributed by atoms with Crippen LogP contribution in [0, 0.1) is 0 Å². The fourth-order valence-electron chi connectivity index (χ4n) is 7.63. The molecule has 0 spiro atoms. The van der Waals surface area contributed by atoms with Crippen LogP contribution in [0.2, 0.25) is 0 Å². The number of hydrogen-bond acceptors (Lipinski definition) is 6. The van der Waals surface area contributed by atoms with Gasteiger partial charge in [0.1, 0.15) is 13.2 Å². The van der Waals surface area contributed by atoms with Crippen LogP contribution < -0.4 is 0 Å². The summed E-state index contributed by atoms with van der Waals surface area (Å²) >= 11 is 0. The molecule has 0 amide bonds. The lowest BCUT2D eigenvalue weighted by Crippen LogP contribution is -2.30. The zero-order valence-corrected chi connectivity index (χ0v) is 43.2. The van der Waals surface area contributed by atoms with Crippen LogP contribution in [0.15, 0.2) is 85.1 Å². The van der Waals surface area contributed by atoms with Crippen LogP contribution in [0.1, 0.15) is 258 Å². The van der Waals surface area contributed by atoms with E-state index in [0.717, 1.165) is 109 Å². The molecule has 0 radical (unpaired) electrons. The molecule has 1 atom stereocenters. The van der Waals surface area contributed by atoms with Crippen LogP contribution in [0.5, 0.6) is 0 Å². The molecule has 378 valence electrons. The van der Waals surface area contributed by atoms with Gasteiger partial charge in [0, 0.05) is 19.3 Å². The van der Waals surface area contributed by atoms with Crippen LogP contribution in [0.25, 0.3) is 0 Å². The van der Waals surface area contributed by atoms with E-state index >= 15 is 0 Å². The van der Waals surface area contributed by atoms with Crippen molar-refractivity contribution in [3.05, 3.63) is 85.1 Å². The zero-order valence-electron chi connectivity index (χ0n) is 43.2. The Labute approximate surface area is 407 Å². The van der Waals surface area contributed by atoms with E-state index in [1.807, 2.05) is 18.2 Å². The van der Waals surface area contributed by atoms with Crippen molar-refractivity contribution in [2.75, 3.05) is 13.2 Å². The van der Waals surface area contributed by atoms with Crippen LogP contribution in [-0.4, -0.2) is 37.2 Å². The lowest BCUT2D eigenvalue weighted by atomic mass is 10.0. The van der Waals surface area contributed by atoms with Gasteiger partial charge in [-0.25, -0.2) is 0 Å². The Kier molecular flexibility index (Phi) is 51.4. The van der Waals surface area contributed by atoms with Crippen molar-refractivity contribution in [3.63, 3.8) is 0 Å². The second-order valence-corrected chi connectivity index (χ2v) is 18.3. The van der Waals surface area contributed by atoms with Gasteiger partial charge in [-0.05, 0) is 64.2 Å². The third-order valence-corrected chi connectivity index (χ3v) is 11.8. The highest BCUT2D eigenvalue weighted by molar-refractivity contribution is 5.71. The Morgan fingerprint density at radius 1 is 0.318 bits per heavy atom. The maximum Gasteiger partial charge on any atom is 0.306 e. The summed E-state index contributed by atoms with van der Waals surface area (Å²) in [7, 11) is 0. The van der Waals surface area contributed by atoms with E-state index in [2.05, 4.69) is 87.6 Å². The zero-order chi connectivity index (χ0) is 47.9. The molecule has 0 N–H and O–H groups in total. The lowest BCUT2D eigenvalue weighted by molar-refractivity contribution is -0.167. The maximum atomic E-state index is 12.8. The summed E-state index contributed by atoms with van der Waals surface area (Å²) in [5.74, 6) is -0.930. The average Bonchev–Trinajstić information content (AvgIpc) is 3.31. The monoisotopic (exact) mass is 919 g/mol. The van der Waals surface area contributed by atoms with Crippen LogP contribution in [-0.2, 0) is 28.6 Å². The van der Waals surface area contributed by atoms with Gasteiger partial charge >= 0.3 is 17.9 Å². The number of allylic oxidation sites excluding steroid dienone is 14. The van der Waals surface area contributed by atoms with Gasteiger partial charge in [-0.2, -0.15) is 0 Å². The van der Waals surface area contributed by atoms with E-state index in [9.17, 15) is 14.4 Å². The van der Waals surface area contributed by atoms with Crippen molar-refractivity contribution in [2.45, 2.75) is 264 Å². The number of unbranched alkanes of at least 4 members (excludes halogenated alkanes) is 29. The first-order valence-corrected chi connectivity index (χ1v) is 27.7. The number of carbonyl (C=O) groups excluding carboxylic acids is 3. The number of esters is 3. The first-order valence-electron chi connectivity index (χ1n) is 27.7. The average molecular weight is 919 g/mol. The highest BCUT2D eigenvalue weighted by Gasteiger charge is 2.19. The Hall–Kier alpha value is -3.41. The van der Waals surface area contributed by atoms with Gasteiger partial charge in [-0.3, -0.25) is 14.4 Å². The lowest BCUT2D eigenvalue weighted by Gasteiger charge is -2.18. The molecule has 66 heavy (non-hydrogen) atoms. The molecule has 0 aromatic rings. The SMILES string of the molecule is CC\C=C/C=C\C=C/C=C\CCCCCCCC(=O)OC(COC(=O)CCCCCCC\C=C/C=C\C=C/CCCCCCC)COC(=O)CCCCCCCCCCCCCCCCC. The molecule has 0 saturated heterocycles. The van der Waals surface area contributed by atoms with E-state index in [0.29, 0.717) is 19.3 Å². The van der Waals surface area contributed by atoms with E-state index in [4.69, 9.17) is 14.2 Å². The molecule has 0 aliphatic carbocycles. The second-order valence-electron chi connectivity index (χ2n) is 18.3. The molecule has 0 bridgehead atoms. The molecule has 0 aliphatic rings. The summed E-state index contributed by atoms with van der Waals surface area (Å²) in [4.78, 5) is 38.1. The van der Waals surface area contributed by atoms with Crippen molar-refractivity contribution in [1.29, 1.82) is 0 Å². The van der Waals surface area contributed by atoms with Gasteiger partial charge in [0.05, 0.1) is 0 Å². The molecule has 6 nitrogen and oxygen atoms in total. The van der Waals surface area contributed by atoms with Gasteiger partial charge in [0.25, 0.3) is 0 Å². The molecule has 6 heteroatoms. The predicted octanol–water partition coefficient (Wildman–Crippen LogP) is 18.4. The van der Waals surface area contributed by atoms with Crippen molar-refractivity contribution in [1.82, 2.24) is 0 Å². The Morgan fingerprint density at radius 3 is 0.924 bits per heavy atom. The van der Waals surface area contributed by atoms with Gasteiger partial charge in [0.2, 0.25) is 0 Å². The highest BCUT2D eigenvalue weighted by atomic mass is 16.6. The van der Waals surface area contributed by atoms with Crippen LogP contribution >= 0.6 is 0 Å². The standard InChI is InChI=1S/C60H102O6/c1-4-7-10-13-16-19-22-25-28-29-30-33-35-38-41-44-47-50-53-59(62)65-56-57(66-60(63)54-51-48-45-42-39-36-32-27-24-21-18-15-12-9-6-3)55-64-58(61)52-49-46-43-40-37-34-31-26-23-20-17-14-11-8-5-2/h9,12,15,18,21-22,24-25,27-30,32-33,57H,4-8,10-11,13-14,16-17,19-20,23,26,31,34-56H2,1-3H3/b12-9-,18-15-,24-21-,25-22-,29-28-,32-27-,33-30-. The first kappa shape index (κ1) is 62.6. The highest BCUT2D eigenvalue weighted by Crippen LogP contribution is 2.15. The van der Waals surface area contributed by atoms with Crippen molar-refractivity contribution < 1.29 is 28.6 Å². The molecule has 0 aliphatic heterocycles. The van der Waals surface area contributed by atoms with Crippen molar-refractivity contribution in [3.8, 4) is 0 Å². The topological polar surface area (TPSA) is 78.9 Å². The first-order chi connectivity index (χ1) is 32.5. The van der Waals surface area contributed by atoms with Gasteiger partial charge in [-0.1, -0.05) is 260 Å². The molecule has 1 unspecified atom stereocenters. The van der Waals surface area contributed by atoms with E-state index in [1.165, 1.54) is 109 Å². The largest absolute Gasteiger partial charge is 0.462 e. The molecule has 0 saturated carbocycles. The summed E-state index contributed by atoms with van der Waals surface area (Å²) in [6.07, 6.45) is 69.9. The van der Waals surface area contributed by atoms with E-state index in [1.54, 1.807) is 0 Å². The number of rotatable bonds is 49. The third kappa shape index (κ3) is 51.6. The smallest absolute Gasteiger partial charge is 0.306 e. The summed E-state index contributed by atoms with van der Waals surface area (Å²) < 4.78 is 16.8. The van der Waals surface area contributed by atoms with Crippen LogP contribution in [0.4, 0.5) is 0 Å². The van der Waals surface area contributed by atoms with Crippen molar-refractivity contribution >= 4 is 17.9 Å². The molecule has 0 rings (SSSR count). The number of ether oxygens (including phenoxy) is 3. The Balaban J connectivity index is 4.45. The normalized spacial score (nSPS) is 12.7. The summed E-state index contributed by atoms with van der Waals surface area (Å²) in [6.45, 7) is 6.46. The third-order valence-electron chi connectivity index (χ3n) is 11.8. The minimum Gasteiger partial charge on any atom is -0.462 e.